The minimum absolute atomic E-state index is 0.0662. The third-order valence-electron chi connectivity index (χ3n) is 7.27. The molecule has 1 N–H and O–H groups in total. The van der Waals surface area contributed by atoms with Crippen LogP contribution in [0, 0.1) is 27.7 Å². The summed E-state index contributed by atoms with van der Waals surface area (Å²) >= 11 is 5.93. The van der Waals surface area contributed by atoms with Crippen molar-refractivity contribution < 1.29 is 9.47 Å². The van der Waals surface area contributed by atoms with Gasteiger partial charge in [0.1, 0.15) is 0 Å². The summed E-state index contributed by atoms with van der Waals surface area (Å²) in [5.41, 5.74) is 9.07. The maximum absolute atomic E-state index is 5.93. The smallest absolute Gasteiger partial charge is 0.231 e. The van der Waals surface area contributed by atoms with E-state index in [0.29, 0.717) is 5.11 Å². The maximum atomic E-state index is 5.93. The molecule has 6 nitrogen and oxygen atoms in total. The van der Waals surface area contributed by atoms with E-state index in [0.717, 1.165) is 40.0 Å². The van der Waals surface area contributed by atoms with Crippen LogP contribution in [0.2, 0.25) is 0 Å². The first-order chi connectivity index (χ1) is 17.4. The van der Waals surface area contributed by atoms with Gasteiger partial charge in [0.05, 0.1) is 17.8 Å². The van der Waals surface area contributed by atoms with Crippen LogP contribution in [0.25, 0.3) is 5.69 Å². The van der Waals surface area contributed by atoms with Gasteiger partial charge >= 0.3 is 0 Å². The molecular weight excluding hydrogens is 468 g/mol. The molecule has 2 aromatic heterocycles. The fourth-order valence-corrected chi connectivity index (χ4v) is 5.68. The van der Waals surface area contributed by atoms with Crippen LogP contribution >= 0.6 is 12.2 Å². The number of benzene rings is 2. The molecule has 4 heterocycles. The van der Waals surface area contributed by atoms with E-state index in [2.05, 4.69) is 78.9 Å². The Morgan fingerprint density at radius 2 is 1.69 bits per heavy atom. The molecule has 6 rings (SSSR count). The summed E-state index contributed by atoms with van der Waals surface area (Å²) in [5.74, 6) is 1.55. The summed E-state index contributed by atoms with van der Waals surface area (Å²) in [6.07, 6.45) is 1.84. The number of pyridine rings is 1. The first-order valence-corrected chi connectivity index (χ1v) is 12.5. The van der Waals surface area contributed by atoms with Gasteiger partial charge in [-0.2, -0.15) is 0 Å². The Morgan fingerprint density at radius 1 is 0.889 bits per heavy atom. The van der Waals surface area contributed by atoms with Gasteiger partial charge in [0.2, 0.25) is 6.79 Å². The topological polar surface area (TPSA) is 51.6 Å². The minimum Gasteiger partial charge on any atom is -0.454 e. The highest BCUT2D eigenvalue weighted by Crippen LogP contribution is 2.44. The Hall–Kier alpha value is -3.84. The van der Waals surface area contributed by atoms with Crippen LogP contribution in [0.4, 0.5) is 5.69 Å². The lowest BCUT2D eigenvalue weighted by atomic mass is 9.96. The molecular formula is C29H28N4O2S. The molecule has 2 aliphatic rings. The highest BCUT2D eigenvalue weighted by Gasteiger charge is 2.42. The van der Waals surface area contributed by atoms with Gasteiger partial charge < -0.3 is 24.3 Å². The van der Waals surface area contributed by atoms with E-state index in [1.165, 1.54) is 16.7 Å². The SMILES string of the molecule is Cc1ccc(N2C(=S)N[C@H](c3ccccn3)[C@H]2c2cc(C)n(-c3ccc4c(c3)OCO4)c2C)cc1C. The molecule has 0 saturated carbocycles. The van der Waals surface area contributed by atoms with Gasteiger partial charge in [-0.25, -0.2) is 0 Å². The molecule has 182 valence electrons. The molecule has 0 radical (unpaired) electrons. The van der Waals surface area contributed by atoms with E-state index in [9.17, 15) is 0 Å². The van der Waals surface area contributed by atoms with Gasteiger partial charge in [-0.1, -0.05) is 12.1 Å². The van der Waals surface area contributed by atoms with Gasteiger partial charge in [-0.05, 0) is 99.1 Å². The zero-order valence-electron chi connectivity index (χ0n) is 20.8. The zero-order valence-corrected chi connectivity index (χ0v) is 21.6. The number of rotatable bonds is 4. The van der Waals surface area contributed by atoms with Crippen molar-refractivity contribution in [3.05, 3.63) is 101 Å². The van der Waals surface area contributed by atoms with Crippen LogP contribution in [0.15, 0.2) is 66.9 Å². The average Bonchev–Trinajstić information content (AvgIpc) is 3.56. The van der Waals surface area contributed by atoms with Crippen LogP contribution in [-0.2, 0) is 0 Å². The fraction of sp³-hybridized carbons (Fsp3) is 0.241. The standard InChI is InChI=1S/C29H28N4O2S/c1-17-8-9-21(13-18(17)2)33-28(27(31-29(33)36)24-7-5-6-12-30-24)23-14-19(3)32(20(23)4)22-10-11-25-26(15-22)35-16-34-25/h5-15,27-28H,16H2,1-4H3,(H,31,36)/t27-,28-/m1/s1. The predicted molar refractivity (Wildman–Crippen MR) is 145 cm³/mol. The molecule has 0 unspecified atom stereocenters. The van der Waals surface area contributed by atoms with Crippen molar-refractivity contribution in [3.8, 4) is 17.2 Å². The Morgan fingerprint density at radius 3 is 2.47 bits per heavy atom. The third-order valence-corrected chi connectivity index (χ3v) is 7.58. The number of aryl methyl sites for hydroxylation is 3. The highest BCUT2D eigenvalue weighted by atomic mass is 32.1. The maximum Gasteiger partial charge on any atom is 0.231 e. The average molecular weight is 497 g/mol. The van der Waals surface area contributed by atoms with Crippen molar-refractivity contribution in [2.24, 2.45) is 0 Å². The van der Waals surface area contributed by atoms with E-state index < -0.39 is 0 Å². The Bertz CT molecular complexity index is 1480. The van der Waals surface area contributed by atoms with Gasteiger partial charge in [0, 0.05) is 35.0 Å². The molecule has 2 aromatic carbocycles. The van der Waals surface area contributed by atoms with E-state index in [4.69, 9.17) is 26.7 Å². The van der Waals surface area contributed by atoms with E-state index in [-0.39, 0.29) is 18.9 Å². The Balaban J connectivity index is 1.50. The van der Waals surface area contributed by atoms with Crippen LogP contribution in [0.1, 0.15) is 45.9 Å². The van der Waals surface area contributed by atoms with Gasteiger partial charge in [-0.3, -0.25) is 4.98 Å². The fourth-order valence-electron chi connectivity index (χ4n) is 5.33. The van der Waals surface area contributed by atoms with Crippen LogP contribution in [0.5, 0.6) is 11.5 Å². The number of ether oxygens (including phenoxy) is 2. The number of anilines is 1. The number of hydrogen-bond acceptors (Lipinski definition) is 4. The summed E-state index contributed by atoms with van der Waals surface area (Å²) in [5, 5.41) is 4.28. The normalized spacial score (nSPS) is 18.6. The molecule has 36 heavy (non-hydrogen) atoms. The number of fused-ring (bicyclic) bond motifs is 1. The second-order valence-electron chi connectivity index (χ2n) is 9.46. The van der Waals surface area contributed by atoms with Crippen molar-refractivity contribution in [1.29, 1.82) is 0 Å². The zero-order chi connectivity index (χ0) is 25.0. The molecule has 0 spiro atoms. The first-order valence-electron chi connectivity index (χ1n) is 12.1. The van der Waals surface area contributed by atoms with Crippen molar-refractivity contribution in [2.45, 2.75) is 39.8 Å². The van der Waals surface area contributed by atoms with Gasteiger partial charge in [-0.15, -0.1) is 0 Å². The van der Waals surface area contributed by atoms with Gasteiger partial charge in [0.15, 0.2) is 16.6 Å². The lowest BCUT2D eigenvalue weighted by Crippen LogP contribution is -2.29. The number of nitrogens with zero attached hydrogens (tertiary/aromatic N) is 3. The molecule has 2 atom stereocenters. The molecule has 0 aliphatic carbocycles. The van der Waals surface area contributed by atoms with E-state index in [1.54, 1.807) is 0 Å². The summed E-state index contributed by atoms with van der Waals surface area (Å²) in [6, 6.07) is 20.8. The van der Waals surface area contributed by atoms with Crippen LogP contribution < -0.4 is 19.7 Å². The predicted octanol–water partition coefficient (Wildman–Crippen LogP) is 6.01. The molecule has 4 aromatic rings. The third kappa shape index (κ3) is 3.62. The number of nitrogens with one attached hydrogen (secondary N) is 1. The lowest BCUT2D eigenvalue weighted by Gasteiger charge is -2.28. The largest absolute Gasteiger partial charge is 0.454 e. The first kappa shape index (κ1) is 22.6. The Kier molecular flexibility index (Phi) is 5.45. The number of thiocarbonyl (C=S) groups is 1. The monoisotopic (exact) mass is 496 g/mol. The van der Waals surface area contributed by atoms with Crippen molar-refractivity contribution in [3.63, 3.8) is 0 Å². The van der Waals surface area contributed by atoms with Crippen molar-refractivity contribution >= 4 is 23.0 Å². The minimum atomic E-state index is -0.0917. The second kappa shape index (κ2) is 8.68. The molecule has 1 saturated heterocycles. The quantitative estimate of drug-likeness (QED) is 0.349. The summed E-state index contributed by atoms with van der Waals surface area (Å²) in [7, 11) is 0. The number of hydrogen-bond donors (Lipinski definition) is 1. The van der Waals surface area contributed by atoms with Crippen molar-refractivity contribution in [1.82, 2.24) is 14.9 Å². The summed E-state index contributed by atoms with van der Waals surface area (Å²) in [6.45, 7) is 8.84. The molecule has 7 heteroatoms. The summed E-state index contributed by atoms with van der Waals surface area (Å²) in [4.78, 5) is 6.94. The van der Waals surface area contributed by atoms with Crippen LogP contribution in [-0.4, -0.2) is 21.5 Å². The molecule has 0 bridgehead atoms. The molecule has 1 fully saturated rings. The number of aromatic nitrogens is 2. The molecule has 2 aliphatic heterocycles. The van der Waals surface area contributed by atoms with E-state index >= 15 is 0 Å². The molecule has 0 amide bonds. The highest BCUT2D eigenvalue weighted by molar-refractivity contribution is 7.80. The van der Waals surface area contributed by atoms with E-state index in [1.807, 2.05) is 30.5 Å². The van der Waals surface area contributed by atoms with Crippen LogP contribution in [0.3, 0.4) is 0 Å². The lowest BCUT2D eigenvalue weighted by molar-refractivity contribution is 0.174. The Labute approximate surface area is 216 Å². The summed E-state index contributed by atoms with van der Waals surface area (Å²) < 4.78 is 13.4. The second-order valence-corrected chi connectivity index (χ2v) is 9.85. The van der Waals surface area contributed by atoms with Gasteiger partial charge in [0.25, 0.3) is 0 Å². The van der Waals surface area contributed by atoms with Crippen molar-refractivity contribution in [2.75, 3.05) is 11.7 Å².